The van der Waals surface area contributed by atoms with E-state index < -0.39 is 52.8 Å². The van der Waals surface area contributed by atoms with Crippen molar-refractivity contribution >= 4 is 17.5 Å². The lowest BCUT2D eigenvalue weighted by Crippen LogP contribution is -2.59. The van der Waals surface area contributed by atoms with Crippen molar-refractivity contribution in [1.82, 2.24) is 0 Å². The van der Waals surface area contributed by atoms with Crippen molar-refractivity contribution in [2.24, 2.45) is 22.7 Å². The van der Waals surface area contributed by atoms with Crippen LogP contribution in [0.25, 0.3) is 0 Å². The Labute approximate surface area is 170 Å². The van der Waals surface area contributed by atoms with Gasteiger partial charge in [-0.2, -0.15) is 0 Å². The molecule has 0 spiro atoms. The fourth-order valence-electron chi connectivity index (χ4n) is 5.92. The third kappa shape index (κ3) is 3.15. The fraction of sp³-hybridized carbons (Fsp3) is 0.682. The van der Waals surface area contributed by atoms with E-state index in [0.717, 1.165) is 12.8 Å². The molecule has 0 amide bonds. The number of aliphatic hydroxyl groups excluding tert-OH is 3. The highest BCUT2D eigenvalue weighted by Crippen LogP contribution is 2.61. The van der Waals surface area contributed by atoms with Gasteiger partial charge in [-0.05, 0) is 18.3 Å². The average Bonchev–Trinajstić information content (AvgIpc) is 2.60. The van der Waals surface area contributed by atoms with Crippen molar-refractivity contribution in [1.29, 1.82) is 0 Å². The normalized spacial score (nSPS) is 35.2. The van der Waals surface area contributed by atoms with Crippen LogP contribution >= 0.6 is 0 Å². The van der Waals surface area contributed by atoms with Gasteiger partial charge in [-0.15, -0.1) is 0 Å². The largest absolute Gasteiger partial charge is 0.507 e. The van der Waals surface area contributed by atoms with E-state index in [0.29, 0.717) is 6.42 Å². The third-order valence-electron chi connectivity index (χ3n) is 7.06. The summed E-state index contributed by atoms with van der Waals surface area (Å²) in [6.45, 7) is 8.44. The molecule has 0 aromatic carbocycles. The number of rotatable bonds is 3. The van der Waals surface area contributed by atoms with Crippen LogP contribution in [-0.4, -0.2) is 51.7 Å². The molecular weight excluding hydrogens is 376 g/mol. The predicted molar refractivity (Wildman–Crippen MR) is 104 cm³/mol. The van der Waals surface area contributed by atoms with Gasteiger partial charge in [0.2, 0.25) is 11.6 Å². The van der Waals surface area contributed by atoms with Crippen LogP contribution in [0.1, 0.15) is 53.9 Å². The monoisotopic (exact) mass is 406 g/mol. The SMILES string of the molecule is CC(=O)OCC(C)C1=C(O)C2=C(C(=O)C1=O)[C@@]1(C)CCCC(C)(C)[C@@H]1C(O)C2O. The summed E-state index contributed by atoms with van der Waals surface area (Å²) in [5.41, 5.74) is -1.29. The minimum atomic E-state index is -1.48. The Kier molecular flexibility index (Phi) is 5.28. The van der Waals surface area contributed by atoms with Gasteiger partial charge in [0.15, 0.2) is 0 Å². The Hall–Kier alpha value is -1.99. The summed E-state index contributed by atoms with van der Waals surface area (Å²) in [6.07, 6.45) is -0.445. The van der Waals surface area contributed by atoms with Gasteiger partial charge in [0.1, 0.15) is 11.9 Å². The second kappa shape index (κ2) is 7.06. The summed E-state index contributed by atoms with van der Waals surface area (Å²) in [5.74, 6) is -3.77. The molecule has 3 rings (SSSR count). The number of aliphatic hydroxyl groups is 3. The van der Waals surface area contributed by atoms with E-state index in [1.165, 1.54) is 6.92 Å². The van der Waals surface area contributed by atoms with E-state index in [2.05, 4.69) is 0 Å². The van der Waals surface area contributed by atoms with Crippen LogP contribution in [0.2, 0.25) is 0 Å². The van der Waals surface area contributed by atoms with Crippen LogP contribution in [0.4, 0.5) is 0 Å². The average molecular weight is 406 g/mol. The molecule has 0 aromatic heterocycles. The van der Waals surface area contributed by atoms with E-state index in [-0.39, 0.29) is 28.7 Å². The molecule has 0 aliphatic heterocycles. The van der Waals surface area contributed by atoms with E-state index in [9.17, 15) is 29.7 Å². The summed E-state index contributed by atoms with van der Waals surface area (Å²) in [7, 11) is 0. The van der Waals surface area contributed by atoms with Crippen molar-refractivity contribution in [3.63, 3.8) is 0 Å². The third-order valence-corrected chi connectivity index (χ3v) is 7.06. The number of allylic oxidation sites excluding steroid dienone is 1. The summed E-state index contributed by atoms with van der Waals surface area (Å²) in [6, 6.07) is 0. The first-order valence-electron chi connectivity index (χ1n) is 10.1. The summed E-state index contributed by atoms with van der Waals surface area (Å²) < 4.78 is 4.93. The molecular formula is C22H30O7. The first kappa shape index (κ1) is 21.7. The van der Waals surface area contributed by atoms with E-state index in [4.69, 9.17) is 4.74 Å². The Bertz CT molecular complexity index is 834. The number of hydrogen-bond acceptors (Lipinski definition) is 7. The molecule has 3 aliphatic carbocycles. The van der Waals surface area contributed by atoms with Crippen LogP contribution in [0.5, 0.6) is 0 Å². The Morgan fingerprint density at radius 1 is 1.17 bits per heavy atom. The molecule has 7 nitrogen and oxygen atoms in total. The zero-order chi connectivity index (χ0) is 21.9. The number of carbonyl (C=O) groups is 3. The molecule has 0 heterocycles. The smallest absolute Gasteiger partial charge is 0.302 e. The lowest BCUT2D eigenvalue weighted by Gasteiger charge is -2.57. The van der Waals surface area contributed by atoms with Gasteiger partial charge in [-0.1, -0.05) is 34.1 Å². The molecule has 1 saturated carbocycles. The molecule has 5 atom stereocenters. The molecule has 0 aromatic rings. The first-order valence-corrected chi connectivity index (χ1v) is 10.1. The number of hydrogen-bond donors (Lipinski definition) is 3. The zero-order valence-corrected chi connectivity index (χ0v) is 17.6. The lowest BCUT2D eigenvalue weighted by molar-refractivity contribution is -0.143. The molecule has 7 heteroatoms. The van der Waals surface area contributed by atoms with Gasteiger partial charge >= 0.3 is 5.97 Å². The van der Waals surface area contributed by atoms with Crippen LogP contribution < -0.4 is 0 Å². The minimum absolute atomic E-state index is 0.0526. The second-order valence-corrected chi connectivity index (χ2v) is 9.59. The highest BCUT2D eigenvalue weighted by molar-refractivity contribution is 6.50. The number of ketones is 2. The Balaban J connectivity index is 2.19. The van der Waals surface area contributed by atoms with Gasteiger partial charge in [-0.25, -0.2) is 0 Å². The van der Waals surface area contributed by atoms with Crippen LogP contribution in [0.3, 0.4) is 0 Å². The van der Waals surface area contributed by atoms with E-state index in [1.807, 2.05) is 20.8 Å². The van der Waals surface area contributed by atoms with E-state index in [1.54, 1.807) is 6.92 Å². The van der Waals surface area contributed by atoms with Crippen molar-refractivity contribution in [2.75, 3.05) is 6.61 Å². The standard InChI is InChI=1S/C22H30O7/c1-10(9-29-11(2)23)12-15(24)13-14(18(27)16(12)25)22(5)8-6-7-21(3,4)20(22)19(28)17(13)26/h10,17,19-20,24,26,28H,6-9H2,1-5H3/t10?,17?,19?,20-,22+/m0/s1. The van der Waals surface area contributed by atoms with Gasteiger partial charge < -0.3 is 20.1 Å². The number of Topliss-reactive ketones (excluding diaryl/α,β-unsaturated/α-hetero) is 2. The highest BCUT2D eigenvalue weighted by Gasteiger charge is 2.61. The van der Waals surface area contributed by atoms with Crippen LogP contribution in [0.15, 0.2) is 22.5 Å². The zero-order valence-electron chi connectivity index (χ0n) is 17.6. The maximum absolute atomic E-state index is 13.2. The molecule has 0 bridgehead atoms. The first-order chi connectivity index (χ1) is 13.3. The topological polar surface area (TPSA) is 121 Å². The van der Waals surface area contributed by atoms with Crippen molar-refractivity contribution in [3.8, 4) is 0 Å². The maximum atomic E-state index is 13.2. The van der Waals surface area contributed by atoms with Gasteiger partial charge in [0.25, 0.3) is 0 Å². The maximum Gasteiger partial charge on any atom is 0.302 e. The molecule has 3 unspecified atom stereocenters. The van der Waals surface area contributed by atoms with E-state index >= 15 is 0 Å². The number of ether oxygens (including phenoxy) is 1. The van der Waals surface area contributed by atoms with Gasteiger partial charge in [0, 0.05) is 35.3 Å². The molecule has 0 saturated heterocycles. The summed E-state index contributed by atoms with van der Waals surface area (Å²) in [4.78, 5) is 37.3. The summed E-state index contributed by atoms with van der Waals surface area (Å²) >= 11 is 0. The number of fused-ring (bicyclic) bond motifs is 2. The Morgan fingerprint density at radius 2 is 1.79 bits per heavy atom. The van der Waals surface area contributed by atoms with Crippen molar-refractivity contribution in [2.45, 2.75) is 66.1 Å². The highest BCUT2D eigenvalue weighted by atomic mass is 16.5. The van der Waals surface area contributed by atoms with Crippen molar-refractivity contribution in [3.05, 3.63) is 22.5 Å². The van der Waals surface area contributed by atoms with Crippen LogP contribution in [-0.2, 0) is 19.1 Å². The molecule has 1 fully saturated rings. The molecule has 29 heavy (non-hydrogen) atoms. The summed E-state index contributed by atoms with van der Waals surface area (Å²) in [5, 5.41) is 32.8. The number of esters is 1. The van der Waals surface area contributed by atoms with Crippen LogP contribution in [0, 0.1) is 22.7 Å². The fourth-order valence-corrected chi connectivity index (χ4v) is 5.92. The Morgan fingerprint density at radius 3 is 2.38 bits per heavy atom. The molecule has 3 aliphatic rings. The number of carbonyl (C=O) groups excluding carboxylic acids is 3. The van der Waals surface area contributed by atoms with Gasteiger partial charge in [-0.3, -0.25) is 14.4 Å². The quantitative estimate of drug-likeness (QED) is 0.372. The predicted octanol–water partition coefficient (Wildman–Crippen LogP) is 2.01. The minimum Gasteiger partial charge on any atom is -0.507 e. The molecule has 3 N–H and O–H groups in total. The second-order valence-electron chi connectivity index (χ2n) is 9.59. The van der Waals surface area contributed by atoms with Gasteiger partial charge in [0.05, 0.1) is 18.3 Å². The molecule has 0 radical (unpaired) electrons. The molecule has 160 valence electrons. The lowest BCUT2D eigenvalue weighted by atomic mass is 9.47. The van der Waals surface area contributed by atoms with Crippen molar-refractivity contribution < 1.29 is 34.4 Å².